The fraction of sp³-hybridized carbons (Fsp3) is 0.286. The fourth-order valence-electron chi connectivity index (χ4n) is 1.91. The van der Waals surface area contributed by atoms with E-state index in [1.807, 2.05) is 19.9 Å². The van der Waals surface area contributed by atoms with Crippen LogP contribution in [0.2, 0.25) is 0 Å². The predicted octanol–water partition coefficient (Wildman–Crippen LogP) is 4.05. The van der Waals surface area contributed by atoms with Crippen LogP contribution in [0.1, 0.15) is 34.1 Å². The van der Waals surface area contributed by atoms with Crippen molar-refractivity contribution in [3.63, 3.8) is 0 Å². The summed E-state index contributed by atoms with van der Waals surface area (Å²) in [4.78, 5) is 0. The number of rotatable bonds is 2. The number of hydrogen-bond donors (Lipinski definition) is 1. The van der Waals surface area contributed by atoms with Crippen LogP contribution in [0, 0.1) is 20.8 Å². The molecule has 0 radical (unpaired) electrons. The number of aliphatic hydroxyl groups excluding tert-OH is 1. The summed E-state index contributed by atoms with van der Waals surface area (Å²) in [6.07, 6.45) is -0.708. The molecule has 0 fully saturated rings. The molecule has 90 valence electrons. The predicted molar refractivity (Wildman–Crippen MR) is 71.1 cm³/mol. The molecule has 0 bridgehead atoms. The van der Waals surface area contributed by atoms with Crippen LogP contribution >= 0.6 is 15.9 Å². The van der Waals surface area contributed by atoms with Crippen LogP contribution < -0.4 is 0 Å². The van der Waals surface area contributed by atoms with E-state index in [4.69, 9.17) is 4.42 Å². The highest BCUT2D eigenvalue weighted by Gasteiger charge is 2.17. The van der Waals surface area contributed by atoms with Gasteiger partial charge in [0.1, 0.15) is 11.9 Å². The van der Waals surface area contributed by atoms with E-state index in [0.717, 1.165) is 11.1 Å². The van der Waals surface area contributed by atoms with Crippen LogP contribution in [-0.2, 0) is 0 Å². The van der Waals surface area contributed by atoms with Gasteiger partial charge < -0.3 is 9.52 Å². The Morgan fingerprint density at radius 2 is 1.71 bits per heavy atom. The zero-order valence-electron chi connectivity index (χ0n) is 10.1. The van der Waals surface area contributed by atoms with E-state index >= 15 is 0 Å². The van der Waals surface area contributed by atoms with Crippen LogP contribution in [-0.4, -0.2) is 5.11 Å². The first-order valence-electron chi connectivity index (χ1n) is 5.50. The van der Waals surface area contributed by atoms with E-state index in [0.29, 0.717) is 10.4 Å². The lowest BCUT2D eigenvalue weighted by atomic mass is 9.96. The van der Waals surface area contributed by atoms with Crippen LogP contribution in [0.4, 0.5) is 0 Å². The number of halogens is 1. The maximum atomic E-state index is 10.3. The van der Waals surface area contributed by atoms with Crippen molar-refractivity contribution in [3.05, 3.63) is 56.9 Å². The fourth-order valence-corrected chi connectivity index (χ4v) is 2.23. The Balaban J connectivity index is 2.43. The molecule has 0 aliphatic rings. The van der Waals surface area contributed by atoms with Crippen molar-refractivity contribution in [2.75, 3.05) is 0 Å². The van der Waals surface area contributed by atoms with Crippen molar-refractivity contribution in [3.8, 4) is 0 Å². The monoisotopic (exact) mass is 294 g/mol. The van der Waals surface area contributed by atoms with Crippen molar-refractivity contribution in [1.29, 1.82) is 0 Å². The molecule has 1 atom stereocenters. The molecule has 1 heterocycles. The van der Waals surface area contributed by atoms with Crippen molar-refractivity contribution in [2.24, 2.45) is 0 Å². The van der Waals surface area contributed by atoms with Gasteiger partial charge in [0.25, 0.3) is 0 Å². The van der Waals surface area contributed by atoms with Gasteiger partial charge in [0.15, 0.2) is 4.67 Å². The van der Waals surface area contributed by atoms with Gasteiger partial charge in [-0.3, -0.25) is 0 Å². The molecule has 0 aliphatic heterocycles. The molecule has 3 heteroatoms. The summed E-state index contributed by atoms with van der Waals surface area (Å²) in [6.45, 7) is 6.12. The molecule has 1 unspecified atom stereocenters. The summed E-state index contributed by atoms with van der Waals surface area (Å²) < 4.78 is 6.02. The molecule has 2 rings (SSSR count). The van der Waals surface area contributed by atoms with Gasteiger partial charge in [-0.15, -0.1) is 0 Å². The Morgan fingerprint density at radius 1 is 1.06 bits per heavy atom. The molecule has 1 N–H and O–H groups in total. The molecule has 0 amide bonds. The minimum Gasteiger partial charge on any atom is -0.451 e. The molecule has 2 aromatic rings. The van der Waals surface area contributed by atoms with Crippen molar-refractivity contribution in [1.82, 2.24) is 0 Å². The first kappa shape index (κ1) is 12.4. The average molecular weight is 295 g/mol. The number of aryl methyl sites for hydroxylation is 3. The second-order valence-electron chi connectivity index (χ2n) is 4.34. The lowest BCUT2D eigenvalue weighted by Crippen LogP contribution is -2.02. The smallest absolute Gasteiger partial charge is 0.169 e. The van der Waals surface area contributed by atoms with Crippen LogP contribution in [0.15, 0.2) is 33.4 Å². The number of furan rings is 1. The summed E-state index contributed by atoms with van der Waals surface area (Å²) in [5.74, 6) is 0.559. The Bertz CT molecular complexity index is 543. The van der Waals surface area contributed by atoms with Gasteiger partial charge in [0.05, 0.1) is 0 Å². The van der Waals surface area contributed by atoms with Gasteiger partial charge in [-0.2, -0.15) is 0 Å². The third kappa shape index (κ3) is 2.45. The zero-order valence-corrected chi connectivity index (χ0v) is 11.7. The van der Waals surface area contributed by atoms with Gasteiger partial charge in [0, 0.05) is 0 Å². The zero-order chi connectivity index (χ0) is 12.6. The van der Waals surface area contributed by atoms with Crippen molar-refractivity contribution >= 4 is 15.9 Å². The molecule has 0 saturated carbocycles. The molecule has 0 aliphatic carbocycles. The van der Waals surface area contributed by atoms with Crippen LogP contribution in [0.5, 0.6) is 0 Å². The maximum Gasteiger partial charge on any atom is 0.169 e. The summed E-state index contributed by atoms with van der Waals surface area (Å²) >= 11 is 3.24. The molecule has 0 spiro atoms. The molecular formula is C14H15BrO2. The Hall–Kier alpha value is -1.06. The number of aliphatic hydroxyl groups is 1. The third-order valence-electron chi connectivity index (χ3n) is 3.04. The largest absolute Gasteiger partial charge is 0.451 e. The molecule has 17 heavy (non-hydrogen) atoms. The van der Waals surface area contributed by atoms with Crippen molar-refractivity contribution in [2.45, 2.75) is 26.9 Å². The highest BCUT2D eigenvalue weighted by Crippen LogP contribution is 2.29. The third-order valence-corrected chi connectivity index (χ3v) is 3.47. The second-order valence-corrected chi connectivity index (χ2v) is 5.12. The molecule has 1 aromatic carbocycles. The number of benzene rings is 1. The summed E-state index contributed by atoms with van der Waals surface area (Å²) in [5, 5.41) is 10.3. The Kier molecular flexibility index (Phi) is 3.40. The SMILES string of the molecule is Cc1cc(C)c(C(O)c2ccc(Br)o2)cc1C. The van der Waals surface area contributed by atoms with Gasteiger partial charge in [-0.25, -0.2) is 0 Å². The summed E-state index contributed by atoms with van der Waals surface area (Å²) in [5.41, 5.74) is 4.39. The highest BCUT2D eigenvalue weighted by atomic mass is 79.9. The van der Waals surface area contributed by atoms with E-state index in [-0.39, 0.29) is 0 Å². The Labute approximate surface area is 109 Å². The van der Waals surface area contributed by atoms with Crippen LogP contribution in [0.3, 0.4) is 0 Å². The minimum atomic E-state index is -0.708. The lowest BCUT2D eigenvalue weighted by molar-refractivity contribution is 0.187. The topological polar surface area (TPSA) is 33.4 Å². The van der Waals surface area contributed by atoms with E-state index in [1.54, 1.807) is 12.1 Å². The summed E-state index contributed by atoms with van der Waals surface area (Å²) in [7, 11) is 0. The lowest BCUT2D eigenvalue weighted by Gasteiger charge is -2.14. The minimum absolute atomic E-state index is 0.559. The first-order valence-corrected chi connectivity index (χ1v) is 6.29. The normalized spacial score (nSPS) is 12.8. The van der Waals surface area contributed by atoms with E-state index < -0.39 is 6.10 Å². The number of hydrogen-bond acceptors (Lipinski definition) is 2. The van der Waals surface area contributed by atoms with E-state index in [2.05, 4.69) is 28.9 Å². The van der Waals surface area contributed by atoms with Crippen molar-refractivity contribution < 1.29 is 9.52 Å². The first-order chi connectivity index (χ1) is 7.99. The van der Waals surface area contributed by atoms with Gasteiger partial charge >= 0.3 is 0 Å². The molecular weight excluding hydrogens is 280 g/mol. The van der Waals surface area contributed by atoms with Gasteiger partial charge in [-0.1, -0.05) is 12.1 Å². The van der Waals surface area contributed by atoms with Crippen LogP contribution in [0.25, 0.3) is 0 Å². The standard InChI is InChI=1S/C14H15BrO2/c1-8-6-10(3)11(7-9(8)2)14(16)12-4-5-13(15)17-12/h4-7,14,16H,1-3H3. The average Bonchev–Trinajstić information content (AvgIpc) is 2.69. The quantitative estimate of drug-likeness (QED) is 0.906. The maximum absolute atomic E-state index is 10.3. The molecule has 1 aromatic heterocycles. The molecule has 2 nitrogen and oxygen atoms in total. The van der Waals surface area contributed by atoms with E-state index in [1.165, 1.54) is 11.1 Å². The molecule has 0 saturated heterocycles. The second kappa shape index (κ2) is 4.67. The van der Waals surface area contributed by atoms with E-state index in [9.17, 15) is 5.11 Å². The van der Waals surface area contributed by atoms with Gasteiger partial charge in [0.2, 0.25) is 0 Å². The summed E-state index contributed by atoms with van der Waals surface area (Å²) in [6, 6.07) is 7.68. The highest BCUT2D eigenvalue weighted by molar-refractivity contribution is 9.10. The Morgan fingerprint density at radius 3 is 2.29 bits per heavy atom. The van der Waals surface area contributed by atoms with Gasteiger partial charge in [-0.05, 0) is 71.1 Å².